The van der Waals surface area contributed by atoms with Crippen molar-refractivity contribution >= 4 is 17.5 Å². The Morgan fingerprint density at radius 1 is 1.26 bits per heavy atom. The van der Waals surface area contributed by atoms with E-state index >= 15 is 0 Å². The molecule has 0 saturated carbocycles. The van der Waals surface area contributed by atoms with Gasteiger partial charge in [-0.3, -0.25) is 10.1 Å². The molecule has 9 nitrogen and oxygen atoms in total. The van der Waals surface area contributed by atoms with Gasteiger partial charge < -0.3 is 20.1 Å². The Balaban J connectivity index is 2.75. The number of methoxy groups -OCH3 is 2. The SMILES string of the molecule is COCCNc1ncc([N+](=O)[O-])c(NCCOC)n1. The lowest BCUT2D eigenvalue weighted by Crippen LogP contribution is -2.14. The maximum absolute atomic E-state index is 10.8. The fraction of sp³-hybridized carbons (Fsp3) is 0.600. The van der Waals surface area contributed by atoms with Crippen LogP contribution < -0.4 is 10.6 Å². The highest BCUT2D eigenvalue weighted by Crippen LogP contribution is 2.21. The summed E-state index contributed by atoms with van der Waals surface area (Å²) in [4.78, 5) is 18.2. The normalized spacial score (nSPS) is 10.2. The lowest BCUT2D eigenvalue weighted by atomic mass is 10.4. The Labute approximate surface area is 110 Å². The summed E-state index contributed by atoms with van der Waals surface area (Å²) in [5.74, 6) is 0.472. The van der Waals surface area contributed by atoms with Crippen LogP contribution in [0.15, 0.2) is 6.20 Å². The minimum Gasteiger partial charge on any atom is -0.383 e. The van der Waals surface area contributed by atoms with Crippen molar-refractivity contribution in [2.75, 3.05) is 51.2 Å². The van der Waals surface area contributed by atoms with Crippen molar-refractivity contribution in [1.82, 2.24) is 9.97 Å². The number of hydrogen-bond acceptors (Lipinski definition) is 8. The molecular weight excluding hydrogens is 254 g/mol. The quantitative estimate of drug-likeness (QED) is 0.379. The van der Waals surface area contributed by atoms with Crippen LogP contribution in [-0.2, 0) is 9.47 Å². The van der Waals surface area contributed by atoms with Crippen LogP contribution in [-0.4, -0.2) is 55.4 Å². The highest BCUT2D eigenvalue weighted by molar-refractivity contribution is 5.56. The molecule has 0 spiro atoms. The van der Waals surface area contributed by atoms with Crippen molar-refractivity contribution in [2.45, 2.75) is 0 Å². The summed E-state index contributed by atoms with van der Waals surface area (Å²) in [6.45, 7) is 1.86. The van der Waals surface area contributed by atoms with Crippen molar-refractivity contribution in [2.24, 2.45) is 0 Å². The molecule has 19 heavy (non-hydrogen) atoms. The van der Waals surface area contributed by atoms with Gasteiger partial charge in [0.25, 0.3) is 0 Å². The first-order valence-electron chi connectivity index (χ1n) is 5.66. The molecule has 1 rings (SSSR count). The number of hydrogen-bond donors (Lipinski definition) is 2. The molecule has 106 valence electrons. The van der Waals surface area contributed by atoms with E-state index in [0.29, 0.717) is 32.3 Å². The Hall–Kier alpha value is -2.00. The Kier molecular flexibility index (Phi) is 6.47. The first-order chi connectivity index (χ1) is 9.19. The van der Waals surface area contributed by atoms with Crippen molar-refractivity contribution in [3.8, 4) is 0 Å². The van der Waals surface area contributed by atoms with Crippen LogP contribution in [0.2, 0.25) is 0 Å². The Morgan fingerprint density at radius 2 is 1.89 bits per heavy atom. The highest BCUT2D eigenvalue weighted by atomic mass is 16.6. The average Bonchev–Trinajstić information content (AvgIpc) is 2.39. The van der Waals surface area contributed by atoms with Crippen LogP contribution in [0, 0.1) is 10.1 Å². The molecule has 0 aliphatic carbocycles. The first kappa shape index (κ1) is 15.1. The third-order valence-electron chi connectivity index (χ3n) is 2.15. The highest BCUT2D eigenvalue weighted by Gasteiger charge is 2.16. The van der Waals surface area contributed by atoms with Gasteiger partial charge in [0.05, 0.1) is 18.1 Å². The second kappa shape index (κ2) is 8.16. The van der Waals surface area contributed by atoms with Gasteiger partial charge in [0.2, 0.25) is 11.8 Å². The topological polar surface area (TPSA) is 111 Å². The van der Waals surface area contributed by atoms with Gasteiger partial charge in [-0.05, 0) is 0 Å². The van der Waals surface area contributed by atoms with E-state index in [4.69, 9.17) is 9.47 Å². The molecular formula is C10H17N5O4. The van der Waals surface area contributed by atoms with E-state index < -0.39 is 4.92 Å². The molecule has 0 saturated heterocycles. The van der Waals surface area contributed by atoms with Crippen LogP contribution >= 0.6 is 0 Å². The second-order valence-corrected chi connectivity index (χ2v) is 3.52. The summed E-state index contributed by atoms with van der Waals surface area (Å²) in [5.41, 5.74) is -0.173. The summed E-state index contributed by atoms with van der Waals surface area (Å²) in [6.07, 6.45) is 1.16. The molecule has 9 heteroatoms. The molecule has 0 fully saturated rings. The monoisotopic (exact) mass is 271 g/mol. The lowest BCUT2D eigenvalue weighted by molar-refractivity contribution is -0.384. The van der Waals surface area contributed by atoms with Crippen molar-refractivity contribution in [1.29, 1.82) is 0 Å². The summed E-state index contributed by atoms with van der Waals surface area (Å²) in [7, 11) is 3.13. The van der Waals surface area contributed by atoms with Gasteiger partial charge in [0.1, 0.15) is 6.20 Å². The van der Waals surface area contributed by atoms with E-state index in [1.807, 2.05) is 0 Å². The minimum atomic E-state index is -0.534. The third-order valence-corrected chi connectivity index (χ3v) is 2.15. The van der Waals surface area contributed by atoms with Crippen molar-refractivity contribution in [3.63, 3.8) is 0 Å². The second-order valence-electron chi connectivity index (χ2n) is 3.52. The number of rotatable bonds is 9. The fourth-order valence-corrected chi connectivity index (χ4v) is 1.26. The zero-order valence-electron chi connectivity index (χ0n) is 10.9. The van der Waals surface area contributed by atoms with Gasteiger partial charge >= 0.3 is 5.69 Å². The molecule has 0 aromatic carbocycles. The van der Waals surface area contributed by atoms with Crippen LogP contribution in [0.5, 0.6) is 0 Å². The van der Waals surface area contributed by atoms with Crippen LogP contribution in [0.1, 0.15) is 0 Å². The molecule has 0 aliphatic rings. The van der Waals surface area contributed by atoms with E-state index in [9.17, 15) is 10.1 Å². The minimum absolute atomic E-state index is 0.164. The molecule has 0 atom stereocenters. The smallest absolute Gasteiger partial charge is 0.329 e. The molecule has 1 aromatic rings. The summed E-state index contributed by atoms with van der Waals surface area (Å²) in [6, 6.07) is 0. The van der Waals surface area contributed by atoms with Crippen LogP contribution in [0.4, 0.5) is 17.5 Å². The maximum atomic E-state index is 10.8. The number of nitro groups is 1. The van der Waals surface area contributed by atoms with Gasteiger partial charge in [-0.25, -0.2) is 4.98 Å². The molecule has 0 radical (unpaired) electrons. The number of nitrogens with zero attached hydrogens (tertiary/aromatic N) is 3. The zero-order valence-corrected chi connectivity index (χ0v) is 10.9. The van der Waals surface area contributed by atoms with E-state index in [2.05, 4.69) is 20.6 Å². The Morgan fingerprint density at radius 3 is 2.47 bits per heavy atom. The average molecular weight is 271 g/mol. The first-order valence-corrected chi connectivity index (χ1v) is 5.66. The van der Waals surface area contributed by atoms with Gasteiger partial charge in [0.15, 0.2) is 0 Å². The third kappa shape index (κ3) is 5.02. The predicted octanol–water partition coefficient (Wildman–Crippen LogP) is 0.501. The predicted molar refractivity (Wildman–Crippen MR) is 69.4 cm³/mol. The van der Waals surface area contributed by atoms with Gasteiger partial charge in [0, 0.05) is 27.3 Å². The van der Waals surface area contributed by atoms with Crippen LogP contribution in [0.25, 0.3) is 0 Å². The number of nitrogens with one attached hydrogen (secondary N) is 2. The van der Waals surface area contributed by atoms with Crippen LogP contribution in [0.3, 0.4) is 0 Å². The van der Waals surface area contributed by atoms with E-state index in [0.717, 1.165) is 6.20 Å². The lowest BCUT2D eigenvalue weighted by Gasteiger charge is -2.08. The largest absolute Gasteiger partial charge is 0.383 e. The molecule has 1 aromatic heterocycles. The standard InChI is InChI=1S/C10H17N5O4/c1-18-5-3-11-9-8(15(16)17)7-13-10(14-9)12-4-6-19-2/h7H,3-6H2,1-2H3,(H2,11,12,13,14). The van der Waals surface area contributed by atoms with Gasteiger partial charge in [-0.2, -0.15) is 4.98 Å². The van der Waals surface area contributed by atoms with Gasteiger partial charge in [-0.1, -0.05) is 0 Å². The fourth-order valence-electron chi connectivity index (χ4n) is 1.26. The van der Waals surface area contributed by atoms with Crippen molar-refractivity contribution in [3.05, 3.63) is 16.3 Å². The number of anilines is 2. The van der Waals surface area contributed by atoms with Crippen molar-refractivity contribution < 1.29 is 14.4 Å². The molecule has 0 amide bonds. The van der Waals surface area contributed by atoms with E-state index in [1.54, 1.807) is 14.2 Å². The maximum Gasteiger partial charge on any atom is 0.329 e. The molecule has 1 heterocycles. The zero-order chi connectivity index (χ0) is 14.1. The summed E-state index contributed by atoms with van der Waals surface area (Å²) in [5, 5.41) is 16.6. The molecule has 0 unspecified atom stereocenters. The molecule has 0 aliphatic heterocycles. The number of aromatic nitrogens is 2. The van der Waals surface area contributed by atoms with E-state index in [-0.39, 0.29) is 11.5 Å². The Bertz CT molecular complexity index is 415. The molecule has 2 N–H and O–H groups in total. The summed E-state index contributed by atoms with van der Waals surface area (Å²) < 4.78 is 9.74. The van der Waals surface area contributed by atoms with E-state index in [1.165, 1.54) is 0 Å². The molecule has 0 bridgehead atoms. The van der Waals surface area contributed by atoms with Gasteiger partial charge in [-0.15, -0.1) is 0 Å². The number of ether oxygens (including phenoxy) is 2. The summed E-state index contributed by atoms with van der Waals surface area (Å²) >= 11 is 0.